The number of benzene rings is 2. The molecule has 2 aromatic carbocycles. The zero-order valence-electron chi connectivity index (χ0n) is 12.9. The third-order valence-corrected chi connectivity index (χ3v) is 5.83. The number of halogens is 2. The average Bonchev–Trinajstić information content (AvgIpc) is 2.49. The Morgan fingerprint density at radius 1 is 1.12 bits per heavy atom. The summed E-state index contributed by atoms with van der Waals surface area (Å²) in [5.74, 6) is -0.834. The maximum atomic E-state index is 14.3. The molecule has 0 aromatic heterocycles. The van der Waals surface area contributed by atoms with Crippen LogP contribution in [-0.2, 0) is 27.7 Å². The van der Waals surface area contributed by atoms with Gasteiger partial charge in [-0.2, -0.15) is 0 Å². The first kappa shape index (κ1) is 16.9. The van der Waals surface area contributed by atoms with Crippen LogP contribution in [0.3, 0.4) is 0 Å². The number of ketones is 1. The van der Waals surface area contributed by atoms with E-state index < -0.39 is 20.7 Å². The molecule has 24 heavy (non-hydrogen) atoms. The molecule has 1 N–H and O–H groups in total. The second-order valence-electron chi connectivity index (χ2n) is 5.84. The van der Waals surface area contributed by atoms with Gasteiger partial charge in [0.2, 0.25) is 0 Å². The highest BCUT2D eigenvalue weighted by molar-refractivity contribution is 7.92. The maximum absolute atomic E-state index is 14.3. The molecule has 126 valence electrons. The second kappa shape index (κ2) is 6.18. The first-order chi connectivity index (χ1) is 11.3. The normalized spacial score (nSPS) is 14.4. The number of hydrogen-bond acceptors (Lipinski definition) is 3. The molecule has 3 rings (SSSR count). The van der Waals surface area contributed by atoms with E-state index in [9.17, 15) is 17.6 Å². The fourth-order valence-corrected chi connectivity index (χ4v) is 4.02. The standard InChI is InChI=1S/C17H15ClFNO3S/c1-10-2-4-13(9-15(10)18)20-24(22,23)17-8-11-3-5-14(21)6-12(11)7-16(17)19/h2,4,7-9,20H,3,5-6H2,1H3. The van der Waals surface area contributed by atoms with Gasteiger partial charge in [0.05, 0.1) is 5.69 Å². The summed E-state index contributed by atoms with van der Waals surface area (Å²) in [7, 11) is -4.09. The lowest BCUT2D eigenvalue weighted by molar-refractivity contribution is -0.118. The van der Waals surface area contributed by atoms with Crippen LogP contribution in [0.4, 0.5) is 10.1 Å². The SMILES string of the molecule is Cc1ccc(NS(=O)(=O)c2cc3c(cc2F)CC(=O)CC3)cc1Cl. The van der Waals surface area contributed by atoms with Crippen LogP contribution in [0.25, 0.3) is 0 Å². The van der Waals surface area contributed by atoms with Crippen molar-refractivity contribution in [3.05, 3.63) is 57.9 Å². The number of rotatable bonds is 3. The van der Waals surface area contributed by atoms with Gasteiger partial charge in [0.1, 0.15) is 16.5 Å². The molecule has 0 bridgehead atoms. The topological polar surface area (TPSA) is 63.2 Å². The summed E-state index contributed by atoms with van der Waals surface area (Å²) >= 11 is 5.99. The van der Waals surface area contributed by atoms with Crippen molar-refractivity contribution in [3.63, 3.8) is 0 Å². The van der Waals surface area contributed by atoms with Gasteiger partial charge in [-0.25, -0.2) is 12.8 Å². The molecular formula is C17H15ClFNO3S. The highest BCUT2D eigenvalue weighted by Gasteiger charge is 2.24. The summed E-state index contributed by atoms with van der Waals surface area (Å²) in [6, 6.07) is 7.17. The molecule has 0 saturated carbocycles. The minimum absolute atomic E-state index is 0.0323. The van der Waals surface area contributed by atoms with E-state index in [1.165, 1.54) is 12.1 Å². The molecule has 0 atom stereocenters. The van der Waals surface area contributed by atoms with Crippen LogP contribution >= 0.6 is 11.6 Å². The predicted octanol–water partition coefficient (Wildman–Crippen LogP) is 3.65. The molecule has 0 aliphatic heterocycles. The van der Waals surface area contributed by atoms with E-state index in [4.69, 9.17) is 11.6 Å². The van der Waals surface area contributed by atoms with Gasteiger partial charge in [-0.15, -0.1) is 0 Å². The van der Waals surface area contributed by atoms with E-state index in [1.807, 2.05) is 0 Å². The number of Topliss-reactive ketones (excluding diaryl/α,β-unsaturated/α-hetero) is 1. The summed E-state index contributed by atoms with van der Waals surface area (Å²) in [6.07, 6.45) is 0.917. The predicted molar refractivity (Wildman–Crippen MR) is 90.4 cm³/mol. The average molecular weight is 368 g/mol. The number of nitrogens with one attached hydrogen (secondary N) is 1. The zero-order chi connectivity index (χ0) is 17.5. The Hall–Kier alpha value is -1.92. The van der Waals surface area contributed by atoms with Crippen LogP contribution in [-0.4, -0.2) is 14.2 Å². The minimum atomic E-state index is -4.09. The Morgan fingerprint density at radius 2 is 1.88 bits per heavy atom. The summed E-state index contributed by atoms with van der Waals surface area (Å²) in [5.41, 5.74) is 2.32. The van der Waals surface area contributed by atoms with E-state index in [1.54, 1.807) is 19.1 Å². The second-order valence-corrected chi connectivity index (χ2v) is 7.89. The van der Waals surface area contributed by atoms with Gasteiger partial charge in [0.25, 0.3) is 10.0 Å². The third-order valence-electron chi connectivity index (χ3n) is 4.03. The highest BCUT2D eigenvalue weighted by Crippen LogP contribution is 2.28. The van der Waals surface area contributed by atoms with Crippen molar-refractivity contribution in [2.45, 2.75) is 31.1 Å². The molecule has 1 aliphatic rings. The van der Waals surface area contributed by atoms with Gasteiger partial charge in [-0.3, -0.25) is 9.52 Å². The Labute approximate surface area is 144 Å². The van der Waals surface area contributed by atoms with Crippen molar-refractivity contribution in [1.29, 1.82) is 0 Å². The zero-order valence-corrected chi connectivity index (χ0v) is 14.5. The molecule has 7 heteroatoms. The van der Waals surface area contributed by atoms with Crippen molar-refractivity contribution in [2.24, 2.45) is 0 Å². The number of sulfonamides is 1. The number of aryl methyl sites for hydroxylation is 2. The fraction of sp³-hybridized carbons (Fsp3) is 0.235. The van der Waals surface area contributed by atoms with Gasteiger partial charge < -0.3 is 0 Å². The lowest BCUT2D eigenvalue weighted by Crippen LogP contribution is -2.18. The molecular weight excluding hydrogens is 353 g/mol. The Kier molecular flexibility index (Phi) is 4.36. The molecule has 2 aromatic rings. The van der Waals surface area contributed by atoms with Gasteiger partial charge >= 0.3 is 0 Å². The van der Waals surface area contributed by atoms with E-state index >= 15 is 0 Å². The van der Waals surface area contributed by atoms with Crippen molar-refractivity contribution in [1.82, 2.24) is 0 Å². The first-order valence-corrected chi connectivity index (χ1v) is 9.24. The van der Waals surface area contributed by atoms with Crippen molar-refractivity contribution in [3.8, 4) is 0 Å². The van der Waals surface area contributed by atoms with Crippen molar-refractivity contribution >= 4 is 33.1 Å². The van der Waals surface area contributed by atoms with E-state index in [2.05, 4.69) is 4.72 Å². The van der Waals surface area contributed by atoms with Crippen LogP contribution in [0.1, 0.15) is 23.1 Å². The summed E-state index contributed by atoms with van der Waals surface area (Å²) in [4.78, 5) is 11.0. The molecule has 0 saturated heterocycles. The number of fused-ring (bicyclic) bond motifs is 1. The van der Waals surface area contributed by atoms with Gasteiger partial charge in [-0.1, -0.05) is 17.7 Å². The molecule has 0 fully saturated rings. The van der Waals surface area contributed by atoms with Crippen LogP contribution in [0.2, 0.25) is 5.02 Å². The van der Waals surface area contributed by atoms with Gasteiger partial charge in [-0.05, 0) is 54.3 Å². The molecule has 0 unspecified atom stereocenters. The monoisotopic (exact) mass is 367 g/mol. The lowest BCUT2D eigenvalue weighted by atomic mass is 9.91. The molecule has 4 nitrogen and oxygen atoms in total. The van der Waals surface area contributed by atoms with E-state index in [0.717, 1.165) is 11.6 Å². The minimum Gasteiger partial charge on any atom is -0.299 e. The van der Waals surface area contributed by atoms with E-state index in [-0.39, 0.29) is 17.9 Å². The fourth-order valence-electron chi connectivity index (χ4n) is 2.68. The van der Waals surface area contributed by atoms with Crippen LogP contribution in [0, 0.1) is 12.7 Å². The number of carbonyl (C=O) groups excluding carboxylic acids is 1. The molecule has 0 radical (unpaired) electrons. The summed E-state index contributed by atoms with van der Waals surface area (Å²) < 4.78 is 41.6. The van der Waals surface area contributed by atoms with E-state index in [0.29, 0.717) is 29.0 Å². The molecule has 0 spiro atoms. The maximum Gasteiger partial charge on any atom is 0.264 e. The largest absolute Gasteiger partial charge is 0.299 e. The number of anilines is 1. The van der Waals surface area contributed by atoms with Gasteiger partial charge in [0.15, 0.2) is 0 Å². The van der Waals surface area contributed by atoms with Crippen molar-refractivity contribution in [2.75, 3.05) is 4.72 Å². The molecule has 0 amide bonds. The summed E-state index contributed by atoms with van der Waals surface area (Å²) in [6.45, 7) is 1.80. The third kappa shape index (κ3) is 3.30. The molecule has 1 aliphatic carbocycles. The van der Waals surface area contributed by atoms with Crippen LogP contribution < -0.4 is 4.72 Å². The Morgan fingerprint density at radius 3 is 2.58 bits per heavy atom. The Balaban J connectivity index is 1.97. The molecule has 0 heterocycles. The summed E-state index contributed by atoms with van der Waals surface area (Å²) in [5, 5.41) is 0.416. The Bertz CT molecular complexity index is 941. The van der Waals surface area contributed by atoms with Crippen LogP contribution in [0.15, 0.2) is 35.2 Å². The smallest absolute Gasteiger partial charge is 0.264 e. The highest BCUT2D eigenvalue weighted by atomic mass is 35.5. The van der Waals surface area contributed by atoms with Gasteiger partial charge in [0, 0.05) is 17.9 Å². The number of hydrogen-bond donors (Lipinski definition) is 1. The van der Waals surface area contributed by atoms with Crippen molar-refractivity contribution < 1.29 is 17.6 Å². The number of carbonyl (C=O) groups is 1. The quantitative estimate of drug-likeness (QED) is 0.900. The lowest BCUT2D eigenvalue weighted by Gasteiger charge is -2.17. The first-order valence-electron chi connectivity index (χ1n) is 7.38. The van der Waals surface area contributed by atoms with Crippen LogP contribution in [0.5, 0.6) is 0 Å².